The largest absolute Gasteiger partial charge is 0.350 e. The Morgan fingerprint density at radius 1 is 1.14 bits per heavy atom. The average molecular weight is 376 g/mol. The van der Waals surface area contributed by atoms with Gasteiger partial charge in [0.2, 0.25) is 5.95 Å². The lowest BCUT2D eigenvalue weighted by atomic mass is 9.87. The number of anilines is 1. The van der Waals surface area contributed by atoms with E-state index in [4.69, 9.17) is 4.98 Å². The van der Waals surface area contributed by atoms with E-state index in [9.17, 15) is 0 Å². The third kappa shape index (κ3) is 2.72. The Labute approximate surface area is 163 Å². The number of nitrogens with one attached hydrogen (secondary N) is 2. The molecule has 4 aromatic heterocycles. The summed E-state index contributed by atoms with van der Waals surface area (Å²) in [5, 5.41) is 11.3. The van der Waals surface area contributed by atoms with E-state index in [1.807, 2.05) is 49.1 Å². The van der Waals surface area contributed by atoms with Crippen molar-refractivity contribution in [2.45, 2.75) is 45.3 Å². The molecule has 0 atom stereocenters. The van der Waals surface area contributed by atoms with Crippen molar-refractivity contribution >= 4 is 22.6 Å². The van der Waals surface area contributed by atoms with E-state index >= 15 is 0 Å². The third-order valence-electron chi connectivity index (χ3n) is 5.67. The van der Waals surface area contributed by atoms with Gasteiger partial charge in [0.05, 0.1) is 17.4 Å². The van der Waals surface area contributed by atoms with Gasteiger partial charge in [0.15, 0.2) is 5.65 Å². The van der Waals surface area contributed by atoms with Crippen LogP contribution in [0.5, 0.6) is 0 Å². The second kappa shape index (κ2) is 6.56. The molecule has 5 rings (SSSR count). The number of pyridine rings is 1. The van der Waals surface area contributed by atoms with E-state index < -0.39 is 0 Å². The van der Waals surface area contributed by atoms with Gasteiger partial charge < -0.3 is 15.2 Å². The number of hydrogen-bond acceptors (Lipinski definition) is 6. The number of aryl methyl sites for hydroxylation is 2. The topological polar surface area (TPSA) is 85.0 Å². The molecule has 1 aliphatic carbocycles. The van der Waals surface area contributed by atoms with E-state index in [2.05, 4.69) is 37.2 Å². The summed E-state index contributed by atoms with van der Waals surface area (Å²) >= 11 is 0. The maximum Gasteiger partial charge on any atom is 0.241 e. The smallest absolute Gasteiger partial charge is 0.241 e. The van der Waals surface area contributed by atoms with Crippen molar-refractivity contribution in [3.05, 3.63) is 36.4 Å². The molecule has 8 nitrogen and oxygen atoms in total. The molecule has 4 heterocycles. The van der Waals surface area contributed by atoms with Crippen molar-refractivity contribution < 1.29 is 0 Å². The van der Waals surface area contributed by atoms with Crippen LogP contribution in [0.25, 0.3) is 27.9 Å². The molecule has 2 N–H and O–H groups in total. The highest BCUT2D eigenvalue weighted by atomic mass is 15.3. The zero-order chi connectivity index (χ0) is 19.3. The monoisotopic (exact) mass is 376 g/mol. The van der Waals surface area contributed by atoms with Gasteiger partial charge in [-0.25, -0.2) is 19.5 Å². The fourth-order valence-electron chi connectivity index (χ4n) is 3.98. The van der Waals surface area contributed by atoms with Gasteiger partial charge in [-0.2, -0.15) is 0 Å². The summed E-state index contributed by atoms with van der Waals surface area (Å²) < 4.78 is 4.00. The van der Waals surface area contributed by atoms with Crippen LogP contribution in [0.1, 0.15) is 25.6 Å². The summed E-state index contributed by atoms with van der Waals surface area (Å²) in [7, 11) is 2.00. The number of fused-ring (bicyclic) bond motifs is 2. The molecule has 0 amide bonds. The summed E-state index contributed by atoms with van der Waals surface area (Å²) in [6.07, 6.45) is 6.03. The van der Waals surface area contributed by atoms with Crippen LogP contribution in [-0.4, -0.2) is 48.3 Å². The van der Waals surface area contributed by atoms with Crippen LogP contribution in [-0.2, 0) is 6.54 Å². The van der Waals surface area contributed by atoms with Crippen molar-refractivity contribution in [2.24, 2.45) is 0 Å². The van der Waals surface area contributed by atoms with E-state index in [1.54, 1.807) is 0 Å². The van der Waals surface area contributed by atoms with Crippen molar-refractivity contribution in [3.8, 4) is 11.3 Å². The summed E-state index contributed by atoms with van der Waals surface area (Å²) in [6, 6.07) is 7.13. The fraction of sp³-hybridized carbons (Fsp3) is 0.400. The standard InChI is InChI=1S/C20H24N8/c1-4-27-12(2)23-17-6-5-16(25-19(17)27)15-7-8-28-18(15)11-22-20(26-28)24-14-9-13(10-14)21-3/h5-8,11,13-14,21H,4,9-10H2,1-3H3,(H,24,26)/t13-,14-. The molecule has 0 saturated heterocycles. The molecular formula is C20H24N8. The first-order valence-corrected chi connectivity index (χ1v) is 9.78. The van der Waals surface area contributed by atoms with E-state index in [-0.39, 0.29) is 0 Å². The molecule has 28 heavy (non-hydrogen) atoms. The lowest BCUT2D eigenvalue weighted by Crippen LogP contribution is -2.46. The SMILES string of the molecule is CCn1c(C)nc2ccc(-c3ccn4nc(N[C@H]5C[C@H](NC)C5)ncc34)nc21. The minimum absolute atomic E-state index is 0.437. The van der Waals surface area contributed by atoms with Gasteiger partial charge >= 0.3 is 0 Å². The van der Waals surface area contributed by atoms with Crippen molar-refractivity contribution in [1.82, 2.24) is 34.4 Å². The van der Waals surface area contributed by atoms with Crippen LogP contribution in [0.15, 0.2) is 30.6 Å². The molecule has 0 aromatic carbocycles. The highest BCUT2D eigenvalue weighted by molar-refractivity contribution is 5.82. The first-order chi connectivity index (χ1) is 13.7. The van der Waals surface area contributed by atoms with Crippen molar-refractivity contribution in [3.63, 3.8) is 0 Å². The minimum Gasteiger partial charge on any atom is -0.350 e. The zero-order valence-electron chi connectivity index (χ0n) is 16.3. The molecular weight excluding hydrogens is 352 g/mol. The predicted octanol–water partition coefficient (Wildman–Crippen LogP) is 2.63. The molecule has 1 saturated carbocycles. The summed E-state index contributed by atoms with van der Waals surface area (Å²) in [5.74, 6) is 1.65. The van der Waals surface area contributed by atoms with Gasteiger partial charge in [-0.1, -0.05) is 0 Å². The molecule has 0 aliphatic heterocycles. The van der Waals surface area contributed by atoms with E-state index in [0.29, 0.717) is 18.0 Å². The Morgan fingerprint density at radius 3 is 2.79 bits per heavy atom. The number of aromatic nitrogens is 6. The molecule has 0 spiro atoms. The molecule has 8 heteroatoms. The quantitative estimate of drug-likeness (QED) is 0.557. The number of hydrogen-bond donors (Lipinski definition) is 2. The molecule has 0 bridgehead atoms. The lowest BCUT2D eigenvalue weighted by molar-refractivity contribution is 0.325. The molecule has 1 aliphatic rings. The maximum atomic E-state index is 4.88. The lowest BCUT2D eigenvalue weighted by Gasteiger charge is -2.35. The van der Waals surface area contributed by atoms with Crippen molar-refractivity contribution in [1.29, 1.82) is 0 Å². The summed E-state index contributed by atoms with van der Waals surface area (Å²) in [4.78, 5) is 14.0. The van der Waals surface area contributed by atoms with Gasteiger partial charge in [-0.3, -0.25) is 0 Å². The van der Waals surface area contributed by atoms with Crippen LogP contribution in [0, 0.1) is 6.92 Å². The van der Waals surface area contributed by atoms with Crippen LogP contribution in [0.2, 0.25) is 0 Å². The van der Waals surface area contributed by atoms with Gasteiger partial charge in [-0.05, 0) is 51.9 Å². The molecule has 1 fully saturated rings. The summed E-state index contributed by atoms with van der Waals surface area (Å²) in [6.45, 7) is 4.98. The van der Waals surface area contributed by atoms with Gasteiger partial charge in [-0.15, -0.1) is 5.10 Å². The highest BCUT2D eigenvalue weighted by Gasteiger charge is 2.28. The number of rotatable bonds is 5. The summed E-state index contributed by atoms with van der Waals surface area (Å²) in [5.41, 5.74) is 4.71. The first-order valence-electron chi connectivity index (χ1n) is 9.78. The van der Waals surface area contributed by atoms with Gasteiger partial charge in [0, 0.05) is 30.4 Å². The highest BCUT2D eigenvalue weighted by Crippen LogP contribution is 2.27. The molecule has 0 radical (unpaired) electrons. The first kappa shape index (κ1) is 17.1. The normalized spacial score (nSPS) is 19.2. The van der Waals surface area contributed by atoms with Crippen molar-refractivity contribution in [2.75, 3.05) is 12.4 Å². The maximum absolute atomic E-state index is 4.88. The second-order valence-corrected chi connectivity index (χ2v) is 7.38. The predicted molar refractivity (Wildman–Crippen MR) is 109 cm³/mol. The molecule has 4 aromatic rings. The van der Waals surface area contributed by atoms with Crippen LogP contribution >= 0.6 is 0 Å². The number of nitrogens with zero attached hydrogens (tertiary/aromatic N) is 6. The average Bonchev–Trinajstić information content (AvgIpc) is 3.23. The van der Waals surface area contributed by atoms with Gasteiger partial charge in [0.1, 0.15) is 11.3 Å². The molecule has 0 unspecified atom stereocenters. The molecule has 144 valence electrons. The Kier molecular flexibility index (Phi) is 4.01. The van der Waals surface area contributed by atoms with E-state index in [1.165, 1.54) is 0 Å². The minimum atomic E-state index is 0.437. The third-order valence-corrected chi connectivity index (χ3v) is 5.67. The Bertz CT molecular complexity index is 1150. The van der Waals surface area contributed by atoms with Crippen LogP contribution in [0.4, 0.5) is 5.95 Å². The Hall–Kier alpha value is -3.00. The Balaban J connectivity index is 1.47. The zero-order valence-corrected chi connectivity index (χ0v) is 16.3. The second-order valence-electron chi connectivity index (χ2n) is 7.38. The van der Waals surface area contributed by atoms with Crippen LogP contribution < -0.4 is 10.6 Å². The van der Waals surface area contributed by atoms with Gasteiger partial charge in [0.25, 0.3) is 0 Å². The fourth-order valence-corrected chi connectivity index (χ4v) is 3.98. The van der Waals surface area contributed by atoms with E-state index in [0.717, 1.165) is 53.1 Å². The van der Waals surface area contributed by atoms with Crippen LogP contribution in [0.3, 0.4) is 0 Å². The Morgan fingerprint density at radius 2 is 2.00 bits per heavy atom. The number of imidazole rings is 1.